The normalized spacial score (nSPS) is 11.5. The molecule has 0 radical (unpaired) electrons. The minimum atomic E-state index is 1.22. The van der Waals surface area contributed by atoms with Crippen LogP contribution in [0.25, 0.3) is 87.6 Å². The fraction of sp³-hybridized carbons (Fsp3) is 0. The van der Waals surface area contributed by atoms with E-state index in [0.717, 1.165) is 0 Å². The van der Waals surface area contributed by atoms with Gasteiger partial charge in [0.15, 0.2) is 0 Å². The molecule has 9 rings (SSSR count). The van der Waals surface area contributed by atoms with E-state index in [1.807, 2.05) is 0 Å². The molecule has 214 valence electrons. The third kappa shape index (κ3) is 4.30. The lowest BCUT2D eigenvalue weighted by Gasteiger charge is -2.21. The van der Waals surface area contributed by atoms with Crippen LogP contribution in [0.4, 0.5) is 0 Å². The predicted octanol–water partition coefficient (Wildman–Crippen LogP) is 13.0. The van der Waals surface area contributed by atoms with E-state index in [1.165, 1.54) is 87.6 Å². The van der Waals surface area contributed by atoms with E-state index in [4.69, 9.17) is 0 Å². The quantitative estimate of drug-likeness (QED) is 0.181. The van der Waals surface area contributed by atoms with E-state index in [1.54, 1.807) is 0 Å². The predicted molar refractivity (Wildman–Crippen MR) is 198 cm³/mol. The molecule has 0 aliphatic rings. The molecule has 0 saturated carbocycles. The highest BCUT2D eigenvalue weighted by atomic mass is 14.2. The summed E-state index contributed by atoms with van der Waals surface area (Å²) in [5, 5.41) is 10.1. The smallest absolute Gasteiger partial charge is 0.00199 e. The first-order valence-corrected chi connectivity index (χ1v) is 15.9. The molecule has 0 spiro atoms. The molecule has 9 aromatic rings. The van der Waals surface area contributed by atoms with E-state index < -0.39 is 0 Å². The Labute approximate surface area is 268 Å². The standard InChI is InChI=1S/C46H30/c1-2-15-32(16-3-1)43-29-34-18-6-7-19-35(34)30-44(43)46-41-24-12-10-22-39(41)45(40-23-11-13-25-42(40)46)38-21-9-8-20-37(38)36-27-26-31-14-4-5-17-33(31)28-36/h1-30H. The molecular formula is C46H30. The summed E-state index contributed by atoms with van der Waals surface area (Å²) < 4.78 is 0. The lowest BCUT2D eigenvalue weighted by Crippen LogP contribution is -1.94. The van der Waals surface area contributed by atoms with Gasteiger partial charge in [-0.2, -0.15) is 0 Å². The number of benzene rings is 9. The summed E-state index contributed by atoms with van der Waals surface area (Å²) in [4.78, 5) is 0. The minimum Gasteiger partial charge on any atom is -0.0622 e. The van der Waals surface area contributed by atoms with E-state index in [9.17, 15) is 0 Å². The Hall–Kier alpha value is -5.98. The van der Waals surface area contributed by atoms with Crippen molar-refractivity contribution in [1.29, 1.82) is 0 Å². The number of hydrogen-bond acceptors (Lipinski definition) is 0. The Kier molecular flexibility index (Phi) is 6.25. The molecule has 0 fully saturated rings. The molecule has 0 heteroatoms. The Balaban J connectivity index is 1.39. The Morgan fingerprint density at radius 1 is 0.217 bits per heavy atom. The summed E-state index contributed by atoms with van der Waals surface area (Å²) in [6.45, 7) is 0. The van der Waals surface area contributed by atoms with Crippen LogP contribution in [-0.2, 0) is 0 Å². The van der Waals surface area contributed by atoms with Gasteiger partial charge in [0.1, 0.15) is 0 Å². The average Bonchev–Trinajstić information content (AvgIpc) is 3.13. The Morgan fingerprint density at radius 2 is 0.652 bits per heavy atom. The van der Waals surface area contributed by atoms with Crippen molar-refractivity contribution in [3.8, 4) is 44.5 Å². The second-order valence-corrected chi connectivity index (χ2v) is 12.1. The van der Waals surface area contributed by atoms with Crippen molar-refractivity contribution < 1.29 is 0 Å². The molecule has 0 aliphatic carbocycles. The van der Waals surface area contributed by atoms with Crippen molar-refractivity contribution in [1.82, 2.24) is 0 Å². The van der Waals surface area contributed by atoms with Crippen LogP contribution in [-0.4, -0.2) is 0 Å². The third-order valence-electron chi connectivity index (χ3n) is 9.43. The summed E-state index contributed by atoms with van der Waals surface area (Å²) in [7, 11) is 0. The van der Waals surface area contributed by atoms with Crippen molar-refractivity contribution in [2.45, 2.75) is 0 Å². The monoisotopic (exact) mass is 582 g/mol. The Morgan fingerprint density at radius 3 is 1.26 bits per heavy atom. The molecule has 0 saturated heterocycles. The van der Waals surface area contributed by atoms with Crippen LogP contribution in [0.5, 0.6) is 0 Å². The maximum Gasteiger partial charge on any atom is -0.00199 e. The summed E-state index contributed by atoms with van der Waals surface area (Å²) in [6, 6.07) is 66.6. The molecule has 46 heavy (non-hydrogen) atoms. The van der Waals surface area contributed by atoms with Gasteiger partial charge in [-0.25, -0.2) is 0 Å². The topological polar surface area (TPSA) is 0 Å². The van der Waals surface area contributed by atoms with Crippen LogP contribution in [0, 0.1) is 0 Å². The van der Waals surface area contributed by atoms with Gasteiger partial charge in [-0.05, 0) is 106 Å². The zero-order valence-corrected chi connectivity index (χ0v) is 25.3. The van der Waals surface area contributed by atoms with Gasteiger partial charge in [0.2, 0.25) is 0 Å². The molecule has 0 N–H and O–H groups in total. The van der Waals surface area contributed by atoms with E-state index in [-0.39, 0.29) is 0 Å². The van der Waals surface area contributed by atoms with Gasteiger partial charge >= 0.3 is 0 Å². The lowest BCUT2D eigenvalue weighted by atomic mass is 9.81. The molecular weight excluding hydrogens is 553 g/mol. The van der Waals surface area contributed by atoms with E-state index >= 15 is 0 Å². The van der Waals surface area contributed by atoms with Crippen LogP contribution in [0.1, 0.15) is 0 Å². The van der Waals surface area contributed by atoms with Crippen LogP contribution >= 0.6 is 0 Å². The first kappa shape index (κ1) is 26.4. The number of rotatable bonds is 4. The molecule has 0 aromatic heterocycles. The summed E-state index contributed by atoms with van der Waals surface area (Å²) in [5.41, 5.74) is 10.0. The van der Waals surface area contributed by atoms with Crippen molar-refractivity contribution in [3.63, 3.8) is 0 Å². The summed E-state index contributed by atoms with van der Waals surface area (Å²) in [5.74, 6) is 0. The van der Waals surface area contributed by atoms with Gasteiger partial charge in [0.25, 0.3) is 0 Å². The molecule has 0 aliphatic heterocycles. The summed E-state index contributed by atoms with van der Waals surface area (Å²) in [6.07, 6.45) is 0. The summed E-state index contributed by atoms with van der Waals surface area (Å²) >= 11 is 0. The first-order valence-electron chi connectivity index (χ1n) is 15.9. The van der Waals surface area contributed by atoms with Crippen molar-refractivity contribution in [2.75, 3.05) is 0 Å². The highest BCUT2D eigenvalue weighted by molar-refractivity contribution is 6.24. The fourth-order valence-electron chi connectivity index (χ4n) is 7.32. The van der Waals surface area contributed by atoms with Crippen molar-refractivity contribution >= 4 is 43.1 Å². The van der Waals surface area contributed by atoms with Gasteiger partial charge < -0.3 is 0 Å². The molecule has 0 bridgehead atoms. The highest BCUT2D eigenvalue weighted by Crippen LogP contribution is 2.48. The molecule has 0 nitrogen and oxygen atoms in total. The SMILES string of the molecule is c1ccc(-c2cc3ccccc3cc2-c2c3ccccc3c(-c3ccccc3-c3ccc4ccccc4c3)c3ccccc23)cc1. The highest BCUT2D eigenvalue weighted by Gasteiger charge is 2.21. The van der Waals surface area contributed by atoms with E-state index in [2.05, 4.69) is 182 Å². The fourth-order valence-corrected chi connectivity index (χ4v) is 7.32. The van der Waals surface area contributed by atoms with Gasteiger partial charge in [-0.3, -0.25) is 0 Å². The minimum absolute atomic E-state index is 1.22. The first-order chi connectivity index (χ1) is 22.8. The van der Waals surface area contributed by atoms with Crippen LogP contribution in [0.2, 0.25) is 0 Å². The molecule has 0 atom stereocenters. The Bertz CT molecular complexity index is 2520. The average molecular weight is 583 g/mol. The van der Waals surface area contributed by atoms with Gasteiger partial charge in [0, 0.05) is 0 Å². The zero-order chi connectivity index (χ0) is 30.5. The maximum absolute atomic E-state index is 2.40. The third-order valence-corrected chi connectivity index (χ3v) is 9.43. The molecule has 9 aromatic carbocycles. The molecule has 0 heterocycles. The van der Waals surface area contributed by atoms with Crippen molar-refractivity contribution in [3.05, 3.63) is 182 Å². The zero-order valence-electron chi connectivity index (χ0n) is 25.3. The number of hydrogen-bond donors (Lipinski definition) is 0. The van der Waals surface area contributed by atoms with Crippen molar-refractivity contribution in [2.24, 2.45) is 0 Å². The second kappa shape index (κ2) is 10.9. The molecule has 0 amide bonds. The van der Waals surface area contributed by atoms with Crippen LogP contribution in [0.15, 0.2) is 182 Å². The van der Waals surface area contributed by atoms with E-state index in [0.29, 0.717) is 0 Å². The van der Waals surface area contributed by atoms with Gasteiger partial charge in [-0.15, -0.1) is 0 Å². The van der Waals surface area contributed by atoms with Crippen LogP contribution in [0.3, 0.4) is 0 Å². The van der Waals surface area contributed by atoms with Crippen LogP contribution < -0.4 is 0 Å². The molecule has 0 unspecified atom stereocenters. The van der Waals surface area contributed by atoms with Gasteiger partial charge in [0.05, 0.1) is 0 Å². The largest absolute Gasteiger partial charge is 0.0622 e. The second-order valence-electron chi connectivity index (χ2n) is 12.1. The van der Waals surface area contributed by atoms with Gasteiger partial charge in [-0.1, -0.05) is 164 Å². The number of fused-ring (bicyclic) bond motifs is 4. The maximum atomic E-state index is 2.40. The lowest BCUT2D eigenvalue weighted by molar-refractivity contribution is 1.62.